The Morgan fingerprint density at radius 2 is 2.11 bits per heavy atom. The Morgan fingerprint density at radius 3 is 2.75 bits per heavy atom. The van der Waals surface area contributed by atoms with Crippen molar-refractivity contribution in [3.05, 3.63) is 28.6 Å². The lowest BCUT2D eigenvalue weighted by molar-refractivity contribution is -0.122. The van der Waals surface area contributed by atoms with Crippen LogP contribution in [-0.4, -0.2) is 55.6 Å². The summed E-state index contributed by atoms with van der Waals surface area (Å²) in [5, 5.41) is 0. The first-order valence-corrected chi connectivity index (χ1v) is 11.7. The van der Waals surface area contributed by atoms with Gasteiger partial charge in [0.15, 0.2) is 4.80 Å². The third kappa shape index (κ3) is 4.18. The predicted molar refractivity (Wildman–Crippen MR) is 107 cm³/mol. The molecule has 0 N–H and O–H groups in total. The van der Waals surface area contributed by atoms with Crippen LogP contribution >= 0.6 is 11.3 Å². The molecule has 1 saturated heterocycles. The van der Waals surface area contributed by atoms with E-state index in [9.17, 15) is 18.0 Å². The van der Waals surface area contributed by atoms with Gasteiger partial charge >= 0.3 is 5.97 Å². The largest absolute Gasteiger partial charge is 0.465 e. The van der Waals surface area contributed by atoms with Crippen molar-refractivity contribution in [2.24, 2.45) is 10.9 Å². The SMILES string of the molecule is CCn1c(=NC(=O)C2CCCN(S(C)(=O)=O)C2)sc2cc(C(=O)OC)ccc21. The van der Waals surface area contributed by atoms with Crippen LogP contribution in [0, 0.1) is 5.92 Å². The monoisotopic (exact) mass is 425 g/mol. The van der Waals surface area contributed by atoms with Crippen molar-refractivity contribution in [3.8, 4) is 0 Å². The van der Waals surface area contributed by atoms with E-state index < -0.39 is 21.9 Å². The highest BCUT2D eigenvalue weighted by Crippen LogP contribution is 2.22. The van der Waals surface area contributed by atoms with Gasteiger partial charge in [-0.25, -0.2) is 17.5 Å². The van der Waals surface area contributed by atoms with E-state index in [-0.39, 0.29) is 12.5 Å². The van der Waals surface area contributed by atoms with E-state index in [4.69, 9.17) is 4.74 Å². The number of ether oxygens (including phenoxy) is 1. The van der Waals surface area contributed by atoms with Gasteiger partial charge in [-0.3, -0.25) is 4.79 Å². The van der Waals surface area contributed by atoms with Crippen molar-refractivity contribution in [2.75, 3.05) is 26.5 Å². The third-order valence-electron chi connectivity index (χ3n) is 4.83. The average molecular weight is 426 g/mol. The van der Waals surface area contributed by atoms with Gasteiger partial charge < -0.3 is 9.30 Å². The molecule has 1 fully saturated rings. The fraction of sp³-hybridized carbons (Fsp3) is 0.500. The number of amides is 1. The zero-order valence-electron chi connectivity index (χ0n) is 16.0. The lowest BCUT2D eigenvalue weighted by Crippen LogP contribution is -2.41. The summed E-state index contributed by atoms with van der Waals surface area (Å²) in [4.78, 5) is 29.3. The molecule has 3 rings (SSSR count). The number of nitrogens with zero attached hydrogens (tertiary/aromatic N) is 3. The standard InChI is InChI=1S/C18H23N3O5S2/c1-4-21-14-8-7-12(17(23)26-2)10-15(14)27-18(21)19-16(22)13-6-5-9-20(11-13)28(3,24)25/h7-8,10,13H,4-6,9,11H2,1-3H3. The van der Waals surface area contributed by atoms with Gasteiger partial charge in [-0.15, -0.1) is 0 Å². The smallest absolute Gasteiger partial charge is 0.337 e. The van der Waals surface area contributed by atoms with Gasteiger partial charge in [0.1, 0.15) is 0 Å². The van der Waals surface area contributed by atoms with Crippen LogP contribution in [0.15, 0.2) is 23.2 Å². The molecule has 1 aromatic carbocycles. The van der Waals surface area contributed by atoms with Crippen molar-refractivity contribution in [2.45, 2.75) is 26.3 Å². The van der Waals surface area contributed by atoms with Crippen molar-refractivity contribution in [3.63, 3.8) is 0 Å². The van der Waals surface area contributed by atoms with E-state index in [0.717, 1.165) is 16.5 Å². The second-order valence-electron chi connectivity index (χ2n) is 6.71. The Balaban J connectivity index is 1.96. The van der Waals surface area contributed by atoms with Crippen LogP contribution < -0.4 is 4.80 Å². The molecule has 1 aliphatic heterocycles. The molecule has 152 valence electrons. The van der Waals surface area contributed by atoms with E-state index in [1.54, 1.807) is 12.1 Å². The summed E-state index contributed by atoms with van der Waals surface area (Å²) >= 11 is 1.33. The van der Waals surface area contributed by atoms with Crippen LogP contribution in [0.2, 0.25) is 0 Å². The summed E-state index contributed by atoms with van der Waals surface area (Å²) < 4.78 is 32.4. The Morgan fingerprint density at radius 1 is 1.36 bits per heavy atom. The molecular weight excluding hydrogens is 402 g/mol. The minimum absolute atomic E-state index is 0.171. The van der Waals surface area contributed by atoms with E-state index in [1.165, 1.54) is 22.8 Å². The van der Waals surface area contributed by atoms with Crippen molar-refractivity contribution >= 4 is 43.5 Å². The number of thiazole rings is 1. The van der Waals surface area contributed by atoms with Gasteiger partial charge in [0.25, 0.3) is 5.91 Å². The van der Waals surface area contributed by atoms with Crippen LogP contribution in [0.3, 0.4) is 0 Å². The number of carbonyl (C=O) groups excluding carboxylic acids is 2. The fourth-order valence-corrected chi connectivity index (χ4v) is 5.39. The number of esters is 1. The van der Waals surface area contributed by atoms with Crippen LogP contribution in [0.25, 0.3) is 10.2 Å². The second kappa shape index (κ2) is 8.14. The summed E-state index contributed by atoms with van der Waals surface area (Å²) in [6.07, 6.45) is 2.42. The Labute approximate surface area is 167 Å². The molecule has 0 radical (unpaired) electrons. The molecule has 1 amide bonds. The Kier molecular flexibility index (Phi) is 6.01. The first-order valence-electron chi connectivity index (χ1n) is 9.00. The van der Waals surface area contributed by atoms with E-state index >= 15 is 0 Å². The highest BCUT2D eigenvalue weighted by atomic mass is 32.2. The molecule has 0 bridgehead atoms. The van der Waals surface area contributed by atoms with Gasteiger partial charge in [-0.2, -0.15) is 4.99 Å². The molecule has 1 aliphatic rings. The summed E-state index contributed by atoms with van der Waals surface area (Å²) in [5.74, 6) is -1.17. The molecule has 10 heteroatoms. The quantitative estimate of drug-likeness (QED) is 0.693. The molecule has 2 heterocycles. The minimum Gasteiger partial charge on any atom is -0.465 e. The van der Waals surface area contributed by atoms with Crippen LogP contribution in [0.5, 0.6) is 0 Å². The van der Waals surface area contributed by atoms with Gasteiger partial charge in [0.2, 0.25) is 10.0 Å². The van der Waals surface area contributed by atoms with Crippen LogP contribution in [-0.2, 0) is 26.1 Å². The summed E-state index contributed by atoms with van der Waals surface area (Å²) in [6.45, 7) is 3.18. The van der Waals surface area contributed by atoms with Crippen molar-refractivity contribution in [1.29, 1.82) is 0 Å². The number of fused-ring (bicyclic) bond motifs is 1. The number of sulfonamides is 1. The molecule has 8 nitrogen and oxygen atoms in total. The van der Waals surface area contributed by atoms with Gasteiger partial charge in [-0.05, 0) is 38.0 Å². The maximum Gasteiger partial charge on any atom is 0.337 e. The lowest BCUT2D eigenvalue weighted by Gasteiger charge is -2.28. The van der Waals surface area contributed by atoms with Crippen LogP contribution in [0.4, 0.5) is 0 Å². The molecule has 1 unspecified atom stereocenters. The van der Waals surface area contributed by atoms with E-state index in [0.29, 0.717) is 36.3 Å². The topological polar surface area (TPSA) is 98.0 Å². The zero-order valence-corrected chi connectivity index (χ0v) is 17.7. The summed E-state index contributed by atoms with van der Waals surface area (Å²) in [6, 6.07) is 5.23. The van der Waals surface area contributed by atoms with Gasteiger partial charge in [0.05, 0.1) is 35.1 Å². The molecular formula is C18H23N3O5S2. The van der Waals surface area contributed by atoms with Crippen LogP contribution in [0.1, 0.15) is 30.1 Å². The van der Waals surface area contributed by atoms with Crippen molar-refractivity contribution < 1.29 is 22.7 Å². The number of benzene rings is 1. The fourth-order valence-electron chi connectivity index (χ4n) is 3.34. The van der Waals surface area contributed by atoms with Crippen molar-refractivity contribution in [1.82, 2.24) is 8.87 Å². The normalized spacial score (nSPS) is 19.1. The average Bonchev–Trinajstić information content (AvgIpc) is 3.02. The highest BCUT2D eigenvalue weighted by molar-refractivity contribution is 7.88. The number of carbonyl (C=O) groups is 2. The first kappa shape index (κ1) is 20.7. The van der Waals surface area contributed by atoms with Gasteiger partial charge in [-0.1, -0.05) is 11.3 Å². The van der Waals surface area contributed by atoms with E-state index in [2.05, 4.69) is 4.99 Å². The molecule has 28 heavy (non-hydrogen) atoms. The number of aryl methyl sites for hydroxylation is 1. The molecule has 0 spiro atoms. The lowest BCUT2D eigenvalue weighted by atomic mass is 9.99. The Bertz CT molecular complexity index is 1080. The number of rotatable bonds is 4. The number of piperidine rings is 1. The number of methoxy groups -OCH3 is 1. The summed E-state index contributed by atoms with van der Waals surface area (Å²) in [5.41, 5.74) is 1.32. The maximum atomic E-state index is 12.7. The molecule has 2 aromatic rings. The second-order valence-corrected chi connectivity index (χ2v) is 9.70. The number of aromatic nitrogens is 1. The molecule has 0 aliphatic carbocycles. The molecule has 0 saturated carbocycles. The predicted octanol–water partition coefficient (Wildman–Crippen LogP) is 1.61. The summed E-state index contributed by atoms with van der Waals surface area (Å²) in [7, 11) is -1.99. The number of hydrogen-bond donors (Lipinski definition) is 0. The minimum atomic E-state index is -3.32. The first-order chi connectivity index (χ1) is 13.2. The van der Waals surface area contributed by atoms with Gasteiger partial charge in [0, 0.05) is 19.6 Å². The number of hydrogen-bond acceptors (Lipinski definition) is 6. The Hall–Kier alpha value is -2.04. The third-order valence-corrected chi connectivity index (χ3v) is 7.14. The molecule has 1 atom stereocenters. The van der Waals surface area contributed by atoms with E-state index in [1.807, 2.05) is 17.6 Å². The maximum absolute atomic E-state index is 12.7. The highest BCUT2D eigenvalue weighted by Gasteiger charge is 2.30. The zero-order chi connectivity index (χ0) is 20.5. The molecule has 1 aromatic heterocycles.